The second-order valence-electron chi connectivity index (χ2n) is 8.31. The first-order chi connectivity index (χ1) is 14.3. The maximum absolute atomic E-state index is 5.58. The van der Waals surface area contributed by atoms with Crippen molar-refractivity contribution in [1.82, 2.24) is 14.9 Å². The molecule has 0 bridgehead atoms. The molecule has 0 radical (unpaired) electrons. The summed E-state index contributed by atoms with van der Waals surface area (Å²) in [5, 5.41) is 3.87. The van der Waals surface area contributed by atoms with Crippen molar-refractivity contribution in [3.05, 3.63) is 17.3 Å². The number of rotatable bonds is 5. The molecule has 0 spiro atoms. The number of aryl methyl sites for hydroxylation is 1. The van der Waals surface area contributed by atoms with Crippen LogP contribution >= 0.6 is 0 Å². The monoisotopic (exact) mass is 398 g/mol. The van der Waals surface area contributed by atoms with Crippen molar-refractivity contribution in [2.45, 2.75) is 50.6 Å². The van der Waals surface area contributed by atoms with E-state index in [0.717, 1.165) is 75.1 Å². The Bertz CT molecular complexity index is 889. The van der Waals surface area contributed by atoms with Crippen molar-refractivity contribution in [1.29, 1.82) is 0 Å². The van der Waals surface area contributed by atoms with Crippen molar-refractivity contribution < 1.29 is 14.2 Å². The molecule has 3 aliphatic rings. The number of nitrogens with one attached hydrogen (secondary N) is 1. The fraction of sp³-hybridized carbons (Fsp3) is 0.636. The van der Waals surface area contributed by atoms with E-state index in [9.17, 15) is 0 Å². The Morgan fingerprint density at radius 3 is 2.69 bits per heavy atom. The lowest BCUT2D eigenvalue weighted by atomic mass is 10.0. The van der Waals surface area contributed by atoms with Gasteiger partial charge in [0.25, 0.3) is 5.88 Å². The number of anilines is 1. The SMILES string of the molecule is COc1cc2nc3c(c(NC4CCN([C@@H]5CCOC5)CC4)c2nc1OC)CCC3. The maximum Gasteiger partial charge on any atom is 0.257 e. The van der Waals surface area contributed by atoms with Gasteiger partial charge in [-0.1, -0.05) is 0 Å². The van der Waals surface area contributed by atoms with Gasteiger partial charge in [0, 0.05) is 43.5 Å². The summed E-state index contributed by atoms with van der Waals surface area (Å²) >= 11 is 0. The molecule has 4 heterocycles. The molecular weight excluding hydrogens is 368 g/mol. The Hall–Kier alpha value is -2.12. The van der Waals surface area contributed by atoms with Crippen LogP contribution < -0.4 is 14.8 Å². The molecule has 2 aromatic heterocycles. The van der Waals surface area contributed by atoms with E-state index >= 15 is 0 Å². The molecule has 1 atom stereocenters. The van der Waals surface area contributed by atoms with Gasteiger partial charge in [-0.3, -0.25) is 9.88 Å². The van der Waals surface area contributed by atoms with Crippen LogP contribution in [-0.2, 0) is 17.6 Å². The number of ether oxygens (including phenoxy) is 3. The van der Waals surface area contributed by atoms with Gasteiger partial charge in [-0.25, -0.2) is 4.98 Å². The van der Waals surface area contributed by atoms with E-state index in [1.165, 1.54) is 17.7 Å². The summed E-state index contributed by atoms with van der Waals surface area (Å²) in [6, 6.07) is 3.02. The normalized spacial score (nSPS) is 22.8. The minimum atomic E-state index is 0.457. The third-order valence-electron chi connectivity index (χ3n) is 6.63. The van der Waals surface area contributed by atoms with Gasteiger partial charge in [-0.05, 0) is 44.1 Å². The first-order valence-electron chi connectivity index (χ1n) is 10.8. The summed E-state index contributed by atoms with van der Waals surface area (Å²) < 4.78 is 16.5. The van der Waals surface area contributed by atoms with Gasteiger partial charge in [-0.15, -0.1) is 0 Å². The standard InChI is InChI=1S/C22H30N4O3/c1-27-19-12-18-21(25-22(19)28-2)20(16-4-3-5-17(16)24-18)23-14-6-9-26(10-7-14)15-8-11-29-13-15/h12,14-15H,3-11,13H2,1-2H3,(H,23,24)/t15-/m1/s1. The van der Waals surface area contributed by atoms with Crippen molar-refractivity contribution in [2.75, 3.05) is 45.8 Å². The molecule has 2 aromatic rings. The van der Waals surface area contributed by atoms with Gasteiger partial charge in [0.1, 0.15) is 5.52 Å². The van der Waals surface area contributed by atoms with Crippen LogP contribution in [0.25, 0.3) is 11.0 Å². The van der Waals surface area contributed by atoms with E-state index in [0.29, 0.717) is 23.7 Å². The number of pyridine rings is 2. The molecule has 2 saturated heterocycles. The smallest absolute Gasteiger partial charge is 0.257 e. The zero-order valence-electron chi connectivity index (χ0n) is 17.4. The van der Waals surface area contributed by atoms with E-state index in [4.69, 9.17) is 24.2 Å². The van der Waals surface area contributed by atoms with Gasteiger partial charge in [0.05, 0.1) is 32.0 Å². The first kappa shape index (κ1) is 18.9. The van der Waals surface area contributed by atoms with Crippen molar-refractivity contribution in [2.24, 2.45) is 0 Å². The van der Waals surface area contributed by atoms with Crippen LogP contribution in [-0.4, -0.2) is 67.5 Å². The maximum atomic E-state index is 5.58. The summed E-state index contributed by atoms with van der Waals surface area (Å²) in [6.45, 7) is 4.06. The van der Waals surface area contributed by atoms with E-state index in [-0.39, 0.29) is 0 Å². The zero-order chi connectivity index (χ0) is 19.8. The lowest BCUT2D eigenvalue weighted by Crippen LogP contribution is -2.45. The summed E-state index contributed by atoms with van der Waals surface area (Å²) in [6.07, 6.45) is 6.71. The average Bonchev–Trinajstić information content (AvgIpc) is 3.45. The fourth-order valence-electron chi connectivity index (χ4n) is 5.02. The van der Waals surface area contributed by atoms with Crippen LogP contribution in [0.2, 0.25) is 0 Å². The molecule has 1 aliphatic carbocycles. The molecule has 0 aromatic carbocycles. The zero-order valence-corrected chi connectivity index (χ0v) is 17.4. The van der Waals surface area contributed by atoms with E-state index < -0.39 is 0 Å². The quantitative estimate of drug-likeness (QED) is 0.831. The number of hydrogen-bond donors (Lipinski definition) is 1. The number of methoxy groups -OCH3 is 2. The summed E-state index contributed by atoms with van der Waals surface area (Å²) in [5.74, 6) is 1.14. The van der Waals surface area contributed by atoms with E-state index in [2.05, 4.69) is 10.2 Å². The minimum Gasteiger partial charge on any atom is -0.491 e. The highest BCUT2D eigenvalue weighted by atomic mass is 16.5. The van der Waals surface area contributed by atoms with Gasteiger partial charge < -0.3 is 19.5 Å². The second-order valence-corrected chi connectivity index (χ2v) is 8.31. The Kier molecular flexibility index (Phi) is 5.18. The van der Waals surface area contributed by atoms with Crippen LogP contribution in [0, 0.1) is 0 Å². The molecule has 2 fully saturated rings. The van der Waals surface area contributed by atoms with Crippen LogP contribution in [0.3, 0.4) is 0 Å². The van der Waals surface area contributed by atoms with Gasteiger partial charge in [-0.2, -0.15) is 0 Å². The highest BCUT2D eigenvalue weighted by Gasteiger charge is 2.29. The predicted molar refractivity (Wildman–Crippen MR) is 112 cm³/mol. The highest BCUT2D eigenvalue weighted by molar-refractivity contribution is 5.92. The molecule has 29 heavy (non-hydrogen) atoms. The first-order valence-corrected chi connectivity index (χ1v) is 10.8. The van der Waals surface area contributed by atoms with Gasteiger partial charge in [0.15, 0.2) is 5.75 Å². The molecular formula is C22H30N4O3. The van der Waals surface area contributed by atoms with Crippen LogP contribution in [0.1, 0.15) is 36.9 Å². The molecule has 156 valence electrons. The molecule has 7 nitrogen and oxygen atoms in total. The third kappa shape index (κ3) is 3.51. The Balaban J connectivity index is 1.43. The number of piperidine rings is 1. The molecule has 0 unspecified atom stereocenters. The summed E-state index contributed by atoms with van der Waals surface area (Å²) in [7, 11) is 3.27. The summed E-state index contributed by atoms with van der Waals surface area (Å²) in [4.78, 5) is 12.3. The highest BCUT2D eigenvalue weighted by Crippen LogP contribution is 2.38. The molecule has 5 rings (SSSR count). The Morgan fingerprint density at radius 2 is 1.97 bits per heavy atom. The fourth-order valence-corrected chi connectivity index (χ4v) is 5.02. The number of likely N-dealkylation sites (tertiary alicyclic amines) is 1. The number of hydrogen-bond acceptors (Lipinski definition) is 7. The minimum absolute atomic E-state index is 0.457. The average molecular weight is 399 g/mol. The van der Waals surface area contributed by atoms with E-state index in [1.54, 1.807) is 14.2 Å². The van der Waals surface area contributed by atoms with Crippen LogP contribution in [0.5, 0.6) is 11.6 Å². The summed E-state index contributed by atoms with van der Waals surface area (Å²) in [5.41, 5.74) is 5.48. The number of aromatic nitrogens is 2. The van der Waals surface area contributed by atoms with E-state index in [1.807, 2.05) is 6.07 Å². The van der Waals surface area contributed by atoms with Crippen LogP contribution in [0.15, 0.2) is 6.07 Å². The lowest BCUT2D eigenvalue weighted by Gasteiger charge is -2.36. The number of nitrogens with zero attached hydrogens (tertiary/aromatic N) is 3. The molecule has 0 amide bonds. The predicted octanol–water partition coefficient (Wildman–Crippen LogP) is 2.80. The lowest BCUT2D eigenvalue weighted by molar-refractivity contribution is 0.124. The molecule has 1 N–H and O–H groups in total. The van der Waals surface area contributed by atoms with Crippen molar-refractivity contribution in [3.63, 3.8) is 0 Å². The van der Waals surface area contributed by atoms with Crippen molar-refractivity contribution in [3.8, 4) is 11.6 Å². The van der Waals surface area contributed by atoms with Crippen molar-refractivity contribution >= 4 is 16.7 Å². The number of fused-ring (bicyclic) bond motifs is 2. The second kappa shape index (κ2) is 7.95. The molecule has 0 saturated carbocycles. The Labute approximate surface area is 171 Å². The topological polar surface area (TPSA) is 68.7 Å². The van der Waals surface area contributed by atoms with Gasteiger partial charge in [0.2, 0.25) is 0 Å². The largest absolute Gasteiger partial charge is 0.491 e. The molecule has 2 aliphatic heterocycles. The van der Waals surface area contributed by atoms with Crippen LogP contribution in [0.4, 0.5) is 5.69 Å². The van der Waals surface area contributed by atoms with Gasteiger partial charge >= 0.3 is 0 Å². The Morgan fingerprint density at radius 1 is 1.10 bits per heavy atom. The third-order valence-corrected chi connectivity index (χ3v) is 6.63. The molecule has 7 heteroatoms.